The van der Waals surface area contributed by atoms with Gasteiger partial charge in [-0.25, -0.2) is 9.98 Å². The molecule has 2 heterocycles. The molecule has 0 spiro atoms. The van der Waals surface area contributed by atoms with Crippen LogP contribution in [0, 0.1) is 13.8 Å². The third kappa shape index (κ3) is 5.98. The molecule has 2 N–H and O–H groups in total. The molecule has 0 aromatic carbocycles. The maximum absolute atomic E-state index is 12.3. The second kappa shape index (κ2) is 10.8. The van der Waals surface area contributed by atoms with Gasteiger partial charge in [-0.1, -0.05) is 6.07 Å². The monoisotopic (exact) mass is 447 g/mol. The van der Waals surface area contributed by atoms with Crippen LogP contribution in [-0.4, -0.2) is 52.8 Å². The molecule has 1 aliphatic rings. The molecule has 0 unspecified atom stereocenters. The first kappa shape index (κ1) is 24.0. The van der Waals surface area contributed by atoms with Crippen LogP contribution in [0.5, 0.6) is 0 Å². The Hall–Kier alpha value is -2.65. The van der Waals surface area contributed by atoms with E-state index >= 15 is 0 Å². The van der Waals surface area contributed by atoms with Crippen LogP contribution in [0.4, 0.5) is 8.78 Å². The van der Waals surface area contributed by atoms with E-state index in [1.165, 1.54) is 0 Å². The first-order valence-electron chi connectivity index (χ1n) is 10.8. The van der Waals surface area contributed by atoms with Crippen LogP contribution < -0.4 is 5.43 Å². The number of aliphatic imine (C=N–C) groups is 2. The molecular formula is C23H31F2N5O2. The van der Waals surface area contributed by atoms with Crippen molar-refractivity contribution in [3.63, 3.8) is 0 Å². The van der Waals surface area contributed by atoms with Gasteiger partial charge in [0.15, 0.2) is 0 Å². The molecular weight excluding hydrogens is 416 g/mol. The van der Waals surface area contributed by atoms with E-state index in [0.717, 1.165) is 53.9 Å². The lowest BCUT2D eigenvalue weighted by Gasteiger charge is -2.27. The molecule has 32 heavy (non-hydrogen) atoms. The highest BCUT2D eigenvalue weighted by Crippen LogP contribution is 2.37. The number of aliphatic hydroxyl groups excluding tert-OH is 1. The second-order valence-corrected chi connectivity index (χ2v) is 8.26. The third-order valence-corrected chi connectivity index (χ3v) is 5.78. The van der Waals surface area contributed by atoms with Crippen molar-refractivity contribution in [1.29, 1.82) is 0 Å². The van der Waals surface area contributed by atoms with Crippen LogP contribution in [0.3, 0.4) is 0 Å². The number of rotatable bonds is 7. The highest BCUT2D eigenvalue weighted by atomic mass is 19.3. The molecule has 1 saturated carbocycles. The lowest BCUT2D eigenvalue weighted by atomic mass is 9.85. The Morgan fingerprint density at radius 3 is 2.62 bits per heavy atom. The van der Waals surface area contributed by atoms with Crippen molar-refractivity contribution < 1.29 is 18.6 Å². The highest BCUT2D eigenvalue weighted by Gasteiger charge is 2.26. The minimum absolute atomic E-state index is 0.222. The molecule has 2 aromatic heterocycles. The van der Waals surface area contributed by atoms with E-state index in [1.54, 1.807) is 6.92 Å². The smallest absolute Gasteiger partial charge is 0.345 e. The van der Waals surface area contributed by atoms with Crippen molar-refractivity contribution in [3.8, 4) is 11.1 Å². The normalized spacial score (nSPS) is 20.4. The van der Waals surface area contributed by atoms with Crippen molar-refractivity contribution in [2.45, 2.75) is 71.1 Å². The number of hydrogen-bond acceptors (Lipinski definition) is 4. The number of nitrogens with one attached hydrogen (secondary N) is 1. The Bertz CT molecular complexity index is 935. The minimum atomic E-state index is -2.84. The minimum Gasteiger partial charge on any atom is -0.393 e. The maximum Gasteiger partial charge on any atom is 0.345 e. The number of aromatic nitrogens is 2. The number of hydrogen-bond donors (Lipinski definition) is 2. The average molecular weight is 448 g/mol. The standard InChI is InChI=1S/C23H31F2N5O2/c1-14-5-6-18(12-27-14)20-11-21(17-7-9-19(31)10-8-17)30(16(20)3)29-23(26-4)28-15(2)13-32-22(24)25/h5-6,11-12,15,17,19,22,31H,4,7-10,13H2,1-3H3,(H,28,29)/t15-,17?,19?/m0/s1. The van der Waals surface area contributed by atoms with Gasteiger partial charge in [0.2, 0.25) is 5.96 Å². The first-order chi connectivity index (χ1) is 15.3. The summed E-state index contributed by atoms with van der Waals surface area (Å²) in [7, 11) is 0. The van der Waals surface area contributed by atoms with E-state index in [-0.39, 0.29) is 24.6 Å². The molecule has 3 rings (SSSR count). The topological polar surface area (TPSA) is 84.0 Å². The van der Waals surface area contributed by atoms with Gasteiger partial charge in [0.05, 0.1) is 18.8 Å². The highest BCUT2D eigenvalue weighted by molar-refractivity contribution is 5.91. The van der Waals surface area contributed by atoms with Crippen molar-refractivity contribution in [2.75, 3.05) is 12.0 Å². The van der Waals surface area contributed by atoms with Gasteiger partial charge < -0.3 is 9.84 Å². The fraction of sp³-hybridized carbons (Fsp3) is 0.522. The quantitative estimate of drug-likeness (QED) is 0.486. The molecule has 0 aliphatic heterocycles. The van der Waals surface area contributed by atoms with Gasteiger partial charge in [0.1, 0.15) is 0 Å². The SMILES string of the molecule is C=NC(=N[C@@H](C)COC(F)F)Nn1c(C2CCC(O)CC2)cc(-c2ccc(C)nc2)c1C. The van der Waals surface area contributed by atoms with Crippen molar-refractivity contribution in [3.05, 3.63) is 41.5 Å². The van der Waals surface area contributed by atoms with E-state index in [1.807, 2.05) is 36.9 Å². The van der Waals surface area contributed by atoms with Crippen LogP contribution in [-0.2, 0) is 4.74 Å². The van der Waals surface area contributed by atoms with Crippen LogP contribution in [0.25, 0.3) is 11.1 Å². The Morgan fingerprint density at radius 2 is 2.03 bits per heavy atom. The van der Waals surface area contributed by atoms with Crippen LogP contribution in [0.2, 0.25) is 0 Å². The van der Waals surface area contributed by atoms with Crippen molar-refractivity contribution in [2.24, 2.45) is 9.98 Å². The summed E-state index contributed by atoms with van der Waals surface area (Å²) < 4.78 is 31.0. The summed E-state index contributed by atoms with van der Waals surface area (Å²) in [6.07, 6.45) is 4.82. The number of alkyl halides is 2. The molecule has 0 bridgehead atoms. The number of pyridine rings is 1. The number of aryl methyl sites for hydroxylation is 1. The van der Waals surface area contributed by atoms with Crippen molar-refractivity contribution >= 4 is 12.7 Å². The predicted octanol–water partition coefficient (Wildman–Crippen LogP) is 4.41. The Balaban J connectivity index is 1.94. The summed E-state index contributed by atoms with van der Waals surface area (Å²) in [4.78, 5) is 12.7. The summed E-state index contributed by atoms with van der Waals surface area (Å²) >= 11 is 0. The number of guanidine groups is 1. The molecule has 0 amide bonds. The Morgan fingerprint density at radius 1 is 1.31 bits per heavy atom. The third-order valence-electron chi connectivity index (χ3n) is 5.78. The molecule has 0 radical (unpaired) electrons. The molecule has 9 heteroatoms. The molecule has 1 atom stereocenters. The average Bonchev–Trinajstić information content (AvgIpc) is 3.09. The fourth-order valence-corrected chi connectivity index (χ4v) is 4.03. The van der Waals surface area contributed by atoms with E-state index in [2.05, 4.69) is 37.9 Å². The zero-order valence-corrected chi connectivity index (χ0v) is 18.8. The lowest BCUT2D eigenvalue weighted by Crippen LogP contribution is -2.28. The van der Waals surface area contributed by atoms with Gasteiger partial charge in [-0.3, -0.25) is 15.1 Å². The van der Waals surface area contributed by atoms with Gasteiger partial charge in [-0.15, -0.1) is 0 Å². The summed E-state index contributed by atoms with van der Waals surface area (Å²) in [5, 5.41) is 9.94. The van der Waals surface area contributed by atoms with E-state index < -0.39 is 12.7 Å². The first-order valence-corrected chi connectivity index (χ1v) is 10.8. The van der Waals surface area contributed by atoms with E-state index in [9.17, 15) is 13.9 Å². The number of aliphatic hydroxyl groups is 1. The fourth-order valence-electron chi connectivity index (χ4n) is 4.03. The zero-order valence-electron chi connectivity index (χ0n) is 18.8. The lowest BCUT2D eigenvalue weighted by molar-refractivity contribution is -0.130. The summed E-state index contributed by atoms with van der Waals surface area (Å²) in [6.45, 7) is 6.12. The van der Waals surface area contributed by atoms with E-state index in [4.69, 9.17) is 0 Å². The van der Waals surface area contributed by atoms with Gasteiger partial charge in [0, 0.05) is 40.3 Å². The maximum atomic E-state index is 12.3. The van der Waals surface area contributed by atoms with Crippen LogP contribution in [0.1, 0.15) is 55.6 Å². The van der Waals surface area contributed by atoms with Gasteiger partial charge in [0.25, 0.3) is 0 Å². The van der Waals surface area contributed by atoms with Gasteiger partial charge >= 0.3 is 6.61 Å². The predicted molar refractivity (Wildman–Crippen MR) is 122 cm³/mol. The summed E-state index contributed by atoms with van der Waals surface area (Å²) in [6, 6.07) is 5.62. The Labute approximate surface area is 187 Å². The summed E-state index contributed by atoms with van der Waals surface area (Å²) in [5.74, 6) is 0.474. The second-order valence-electron chi connectivity index (χ2n) is 8.26. The summed E-state index contributed by atoms with van der Waals surface area (Å²) in [5.41, 5.74) is 8.17. The van der Waals surface area contributed by atoms with Gasteiger partial charge in [-0.05, 0) is 65.3 Å². The molecule has 7 nitrogen and oxygen atoms in total. The van der Waals surface area contributed by atoms with Crippen LogP contribution >= 0.6 is 0 Å². The molecule has 174 valence electrons. The molecule has 2 aromatic rings. The Kier molecular flexibility index (Phi) is 8.09. The largest absolute Gasteiger partial charge is 0.393 e. The number of halogens is 2. The number of ether oxygens (including phenoxy) is 1. The molecule has 1 fully saturated rings. The van der Waals surface area contributed by atoms with Crippen LogP contribution in [0.15, 0.2) is 34.4 Å². The molecule has 0 saturated heterocycles. The van der Waals surface area contributed by atoms with E-state index in [0.29, 0.717) is 0 Å². The zero-order chi connectivity index (χ0) is 23.3. The van der Waals surface area contributed by atoms with Gasteiger partial charge in [-0.2, -0.15) is 8.78 Å². The molecule has 1 aliphatic carbocycles. The number of nitrogens with zero attached hydrogens (tertiary/aromatic N) is 4. The van der Waals surface area contributed by atoms with Crippen molar-refractivity contribution in [1.82, 2.24) is 9.66 Å².